The highest BCUT2D eigenvalue weighted by atomic mass is 35.5. The van der Waals surface area contributed by atoms with E-state index in [0.717, 1.165) is 5.56 Å². The zero-order chi connectivity index (χ0) is 27.0. The third-order valence-corrected chi connectivity index (χ3v) is 6.71. The Bertz CT molecular complexity index is 1640. The number of thioether (sulfide) groups is 1. The van der Waals surface area contributed by atoms with Crippen molar-refractivity contribution in [3.63, 3.8) is 0 Å². The van der Waals surface area contributed by atoms with E-state index in [1.807, 2.05) is 48.5 Å². The minimum atomic E-state index is -0.868. The summed E-state index contributed by atoms with van der Waals surface area (Å²) in [7, 11) is 0. The number of benzene rings is 3. The van der Waals surface area contributed by atoms with Crippen molar-refractivity contribution in [2.24, 2.45) is 5.10 Å². The molecule has 0 aliphatic carbocycles. The Morgan fingerprint density at radius 2 is 1.85 bits per heavy atom. The molecule has 0 aliphatic rings. The van der Waals surface area contributed by atoms with Gasteiger partial charge in [-0.3, -0.25) is 0 Å². The molecule has 3 aromatic carbocycles. The smallest absolute Gasteiger partial charge is 0.339 e. The minimum absolute atomic E-state index is 0.0374. The molecule has 0 spiro atoms. The Hall–Kier alpha value is -4.12. The standard InChI is InChI=1S/C28H23ClN4O5S/c29-20-8-6-7-19(13-20)15-30-33-26(17-36-22-9-2-1-3-10-22)31-32-28(33)39-18-21(34)16-37-25-14-27(35)38-24-12-5-4-11-23(24)25/h1-15,21,34H,16-18H2/b30-15+. The van der Waals surface area contributed by atoms with Crippen LogP contribution in [0.2, 0.25) is 5.02 Å². The lowest BCUT2D eigenvalue weighted by atomic mass is 10.2. The van der Waals surface area contributed by atoms with E-state index in [1.165, 1.54) is 17.8 Å². The summed E-state index contributed by atoms with van der Waals surface area (Å²) in [6.45, 7) is 0.101. The first-order valence-electron chi connectivity index (χ1n) is 11.9. The quantitative estimate of drug-likeness (QED) is 0.135. The summed E-state index contributed by atoms with van der Waals surface area (Å²) < 4.78 is 18.4. The number of ether oxygens (including phenoxy) is 2. The monoisotopic (exact) mass is 562 g/mol. The van der Waals surface area contributed by atoms with Gasteiger partial charge in [0.25, 0.3) is 0 Å². The summed E-state index contributed by atoms with van der Waals surface area (Å²) in [5.74, 6) is 1.76. The summed E-state index contributed by atoms with van der Waals surface area (Å²) in [6.07, 6.45) is 0.781. The van der Waals surface area contributed by atoms with Crippen LogP contribution in [-0.4, -0.2) is 44.7 Å². The topological polar surface area (TPSA) is 112 Å². The zero-order valence-electron chi connectivity index (χ0n) is 20.5. The van der Waals surface area contributed by atoms with E-state index in [9.17, 15) is 9.90 Å². The molecular weight excluding hydrogens is 540 g/mol. The Labute approximate surface area is 232 Å². The number of aliphatic hydroxyl groups is 1. The molecule has 0 saturated heterocycles. The molecule has 0 aliphatic heterocycles. The first kappa shape index (κ1) is 26.5. The third-order valence-electron chi connectivity index (χ3n) is 5.41. The second-order valence-corrected chi connectivity index (χ2v) is 9.74. The molecule has 0 fully saturated rings. The third kappa shape index (κ3) is 7.05. The predicted molar refractivity (Wildman–Crippen MR) is 150 cm³/mol. The molecule has 5 aromatic rings. The summed E-state index contributed by atoms with van der Waals surface area (Å²) in [5, 5.41) is 25.4. The number of hydrogen-bond donors (Lipinski definition) is 1. The Morgan fingerprint density at radius 3 is 2.69 bits per heavy atom. The van der Waals surface area contributed by atoms with Crippen LogP contribution >= 0.6 is 23.4 Å². The normalized spacial score (nSPS) is 12.2. The molecule has 0 bridgehead atoms. The molecule has 198 valence electrons. The van der Waals surface area contributed by atoms with Crippen LogP contribution in [0.15, 0.2) is 104 Å². The molecule has 2 heterocycles. The second-order valence-electron chi connectivity index (χ2n) is 8.31. The van der Waals surface area contributed by atoms with E-state index in [0.29, 0.717) is 38.5 Å². The summed E-state index contributed by atoms with van der Waals surface area (Å²) in [4.78, 5) is 11.9. The molecule has 0 saturated carbocycles. The number of halogens is 1. The van der Waals surface area contributed by atoms with Gasteiger partial charge in [-0.25, -0.2) is 4.79 Å². The van der Waals surface area contributed by atoms with Gasteiger partial charge in [0.1, 0.15) is 30.3 Å². The molecule has 0 radical (unpaired) electrons. The number of nitrogens with zero attached hydrogens (tertiary/aromatic N) is 4. The van der Waals surface area contributed by atoms with Gasteiger partial charge in [-0.15, -0.1) is 10.2 Å². The number of rotatable bonds is 11. The first-order valence-corrected chi connectivity index (χ1v) is 13.3. The zero-order valence-corrected chi connectivity index (χ0v) is 22.1. The number of aliphatic hydroxyl groups excluding tert-OH is 1. The van der Waals surface area contributed by atoms with Crippen LogP contribution in [-0.2, 0) is 6.61 Å². The maximum atomic E-state index is 11.9. The van der Waals surface area contributed by atoms with Crippen LogP contribution in [0.25, 0.3) is 11.0 Å². The van der Waals surface area contributed by atoms with Crippen LogP contribution in [0.4, 0.5) is 0 Å². The number of hydrogen-bond acceptors (Lipinski definition) is 9. The SMILES string of the molecule is O=c1cc(OCC(O)CSc2nnc(COc3ccccc3)n2/N=C/c2cccc(Cl)c2)c2ccccc2o1. The Balaban J connectivity index is 1.28. The summed E-state index contributed by atoms with van der Waals surface area (Å²) in [6, 6.07) is 25.0. The summed E-state index contributed by atoms with van der Waals surface area (Å²) in [5.41, 5.74) is 0.693. The second kappa shape index (κ2) is 12.6. The van der Waals surface area contributed by atoms with Crippen molar-refractivity contribution in [3.05, 3.63) is 112 Å². The number of aromatic nitrogens is 3. The molecule has 2 aromatic heterocycles. The molecule has 1 unspecified atom stereocenters. The first-order chi connectivity index (χ1) is 19.0. The van der Waals surface area contributed by atoms with Gasteiger partial charge in [0, 0.05) is 10.8 Å². The fourth-order valence-electron chi connectivity index (χ4n) is 3.57. The van der Waals surface area contributed by atoms with Gasteiger partial charge in [-0.05, 0) is 42.0 Å². The van der Waals surface area contributed by atoms with Crippen molar-refractivity contribution in [1.82, 2.24) is 14.9 Å². The van der Waals surface area contributed by atoms with Gasteiger partial charge >= 0.3 is 5.63 Å². The molecule has 9 nitrogen and oxygen atoms in total. The van der Waals surface area contributed by atoms with E-state index in [4.69, 9.17) is 25.5 Å². The Morgan fingerprint density at radius 1 is 1.03 bits per heavy atom. The van der Waals surface area contributed by atoms with Gasteiger partial charge in [0.05, 0.1) is 23.8 Å². The van der Waals surface area contributed by atoms with E-state index >= 15 is 0 Å². The molecule has 5 rings (SSSR count). The van der Waals surface area contributed by atoms with Crippen LogP contribution in [0, 0.1) is 0 Å². The fourth-order valence-corrected chi connectivity index (χ4v) is 4.58. The fraction of sp³-hybridized carbons (Fsp3) is 0.143. The maximum absolute atomic E-state index is 11.9. The maximum Gasteiger partial charge on any atom is 0.339 e. The average Bonchev–Trinajstić information content (AvgIpc) is 3.34. The van der Waals surface area contributed by atoms with E-state index in [1.54, 1.807) is 41.2 Å². The molecule has 1 atom stereocenters. The highest BCUT2D eigenvalue weighted by Gasteiger charge is 2.16. The van der Waals surface area contributed by atoms with Crippen LogP contribution < -0.4 is 15.1 Å². The molecule has 39 heavy (non-hydrogen) atoms. The van der Waals surface area contributed by atoms with E-state index in [2.05, 4.69) is 15.3 Å². The predicted octanol–water partition coefficient (Wildman–Crippen LogP) is 5.03. The lowest BCUT2D eigenvalue weighted by molar-refractivity contribution is 0.127. The number of fused-ring (bicyclic) bond motifs is 1. The molecule has 0 amide bonds. The highest BCUT2D eigenvalue weighted by Crippen LogP contribution is 2.24. The lowest BCUT2D eigenvalue weighted by Crippen LogP contribution is -2.21. The molecule has 1 N–H and O–H groups in total. The van der Waals surface area contributed by atoms with Crippen molar-refractivity contribution < 1.29 is 19.0 Å². The Kier molecular flexibility index (Phi) is 8.57. The van der Waals surface area contributed by atoms with E-state index < -0.39 is 11.7 Å². The van der Waals surface area contributed by atoms with Gasteiger partial charge < -0.3 is 19.0 Å². The van der Waals surface area contributed by atoms with Gasteiger partial charge in [-0.2, -0.15) is 9.78 Å². The van der Waals surface area contributed by atoms with Crippen molar-refractivity contribution >= 4 is 40.5 Å². The van der Waals surface area contributed by atoms with Crippen molar-refractivity contribution in [2.45, 2.75) is 17.9 Å². The van der Waals surface area contributed by atoms with Crippen LogP contribution in [0.1, 0.15) is 11.4 Å². The largest absolute Gasteiger partial charge is 0.490 e. The summed E-state index contributed by atoms with van der Waals surface area (Å²) >= 11 is 7.37. The van der Waals surface area contributed by atoms with Gasteiger partial charge in [-0.1, -0.05) is 65.8 Å². The van der Waals surface area contributed by atoms with Crippen LogP contribution in [0.5, 0.6) is 11.5 Å². The average molecular weight is 563 g/mol. The van der Waals surface area contributed by atoms with Crippen molar-refractivity contribution in [2.75, 3.05) is 12.4 Å². The van der Waals surface area contributed by atoms with Gasteiger partial charge in [0.15, 0.2) is 5.82 Å². The lowest BCUT2D eigenvalue weighted by Gasteiger charge is -2.13. The molecular formula is C28H23ClN4O5S. The van der Waals surface area contributed by atoms with E-state index in [-0.39, 0.29) is 19.0 Å². The van der Waals surface area contributed by atoms with Crippen molar-refractivity contribution in [1.29, 1.82) is 0 Å². The van der Waals surface area contributed by atoms with Gasteiger partial charge in [0.2, 0.25) is 5.16 Å². The minimum Gasteiger partial charge on any atom is -0.490 e. The van der Waals surface area contributed by atoms with Crippen molar-refractivity contribution in [3.8, 4) is 11.5 Å². The molecule has 11 heteroatoms. The van der Waals surface area contributed by atoms with Crippen LogP contribution in [0.3, 0.4) is 0 Å². The highest BCUT2D eigenvalue weighted by molar-refractivity contribution is 7.99. The number of para-hydroxylation sites is 2.